The van der Waals surface area contributed by atoms with E-state index >= 15 is 0 Å². The lowest BCUT2D eigenvalue weighted by molar-refractivity contribution is -0.142. The highest BCUT2D eigenvalue weighted by molar-refractivity contribution is 6.33. The number of nitrogens with one attached hydrogen (secondary N) is 1. The van der Waals surface area contributed by atoms with Gasteiger partial charge in [-0.05, 0) is 49.1 Å². The Morgan fingerprint density at radius 3 is 2.29 bits per heavy atom. The number of likely N-dealkylation sites (tertiary alicyclic amines) is 1. The second kappa shape index (κ2) is 14.3. The van der Waals surface area contributed by atoms with Crippen molar-refractivity contribution in [3.8, 4) is 11.4 Å². The molecular formula is C34H36ClF3N8O3. The zero-order valence-corrected chi connectivity index (χ0v) is 27.3. The number of H-pyrrole nitrogens is 1. The molecule has 0 bridgehead atoms. The van der Waals surface area contributed by atoms with Crippen molar-refractivity contribution in [2.24, 2.45) is 5.92 Å². The normalized spacial score (nSPS) is 16.5. The summed E-state index contributed by atoms with van der Waals surface area (Å²) in [4.78, 5) is 52.7. The highest BCUT2D eigenvalue weighted by atomic mass is 35.5. The highest BCUT2D eigenvalue weighted by Crippen LogP contribution is 2.38. The van der Waals surface area contributed by atoms with Gasteiger partial charge in [0.25, 0.3) is 0 Å². The summed E-state index contributed by atoms with van der Waals surface area (Å²) in [5.74, 6) is -1.07. The Kier molecular flexibility index (Phi) is 9.95. The monoisotopic (exact) mass is 696 g/mol. The van der Waals surface area contributed by atoms with Crippen molar-refractivity contribution in [1.29, 1.82) is 0 Å². The molecule has 0 saturated carbocycles. The number of pyridine rings is 1. The molecule has 2 aliphatic rings. The van der Waals surface area contributed by atoms with Crippen molar-refractivity contribution >= 4 is 34.8 Å². The number of nitrogens with two attached hydrogens (primary N) is 1. The fourth-order valence-corrected chi connectivity index (χ4v) is 6.81. The zero-order chi connectivity index (χ0) is 34.7. The van der Waals surface area contributed by atoms with Crippen molar-refractivity contribution in [2.75, 3.05) is 49.9 Å². The van der Waals surface area contributed by atoms with E-state index < -0.39 is 23.3 Å². The SMILES string of the molecule is Nc1c(Cl)cc(C[C@@H](CC(=O)N2CCC(n3nc(-c4ccccc4)[nH]c3=O)CC2)C(=O)N2CCN(c3ccncc3)CC2)cc1C(F)(F)F. The fraction of sp³-hybridized carbons (Fsp3) is 0.382. The number of alkyl halides is 3. The molecule has 2 fully saturated rings. The molecule has 0 spiro atoms. The molecule has 3 N–H and O–H groups in total. The van der Waals surface area contributed by atoms with Gasteiger partial charge in [-0.1, -0.05) is 41.9 Å². The molecule has 258 valence electrons. The van der Waals surface area contributed by atoms with Crippen molar-refractivity contribution in [2.45, 2.75) is 37.9 Å². The number of anilines is 2. The Balaban J connectivity index is 1.16. The lowest BCUT2D eigenvalue weighted by Crippen LogP contribution is -2.51. The van der Waals surface area contributed by atoms with Crippen LogP contribution in [0.4, 0.5) is 24.5 Å². The van der Waals surface area contributed by atoms with Crippen LogP contribution in [0.3, 0.4) is 0 Å². The molecule has 2 amide bonds. The fourth-order valence-electron chi connectivity index (χ4n) is 6.57. The minimum Gasteiger partial charge on any atom is -0.397 e. The van der Waals surface area contributed by atoms with Crippen molar-refractivity contribution in [3.63, 3.8) is 0 Å². The molecule has 6 rings (SSSR count). The van der Waals surface area contributed by atoms with E-state index in [2.05, 4.69) is 20.0 Å². The van der Waals surface area contributed by atoms with Crippen LogP contribution < -0.4 is 16.3 Å². The van der Waals surface area contributed by atoms with Crippen LogP contribution in [-0.2, 0) is 22.2 Å². The average molecular weight is 697 g/mol. The molecule has 4 heterocycles. The van der Waals surface area contributed by atoms with Crippen LogP contribution in [0, 0.1) is 5.92 Å². The summed E-state index contributed by atoms with van der Waals surface area (Å²) in [6.07, 6.45) is -0.729. The maximum absolute atomic E-state index is 14.0. The third kappa shape index (κ3) is 7.74. The van der Waals surface area contributed by atoms with Crippen LogP contribution in [0.25, 0.3) is 11.4 Å². The molecule has 2 aliphatic heterocycles. The molecule has 0 aliphatic carbocycles. The molecule has 0 unspecified atom stereocenters. The van der Waals surface area contributed by atoms with Gasteiger partial charge in [0, 0.05) is 69.3 Å². The third-order valence-electron chi connectivity index (χ3n) is 9.22. The number of carbonyl (C=O) groups excluding carboxylic acids is 2. The number of aromatic nitrogens is 4. The minimum absolute atomic E-state index is 0.125. The number of hydrogen-bond acceptors (Lipinski definition) is 7. The quantitative estimate of drug-likeness (QED) is 0.256. The van der Waals surface area contributed by atoms with E-state index in [0.29, 0.717) is 57.9 Å². The number of benzene rings is 2. The maximum atomic E-state index is 14.0. The first kappa shape index (κ1) is 34.0. The van der Waals surface area contributed by atoms with Gasteiger partial charge in [-0.2, -0.15) is 13.2 Å². The van der Waals surface area contributed by atoms with Gasteiger partial charge < -0.3 is 20.4 Å². The van der Waals surface area contributed by atoms with Crippen LogP contribution in [0.5, 0.6) is 0 Å². The van der Waals surface area contributed by atoms with E-state index in [1.165, 1.54) is 10.7 Å². The number of rotatable bonds is 8. The number of halogens is 4. The maximum Gasteiger partial charge on any atom is 0.418 e. The van der Waals surface area contributed by atoms with Gasteiger partial charge in [0.05, 0.1) is 28.2 Å². The Morgan fingerprint density at radius 2 is 1.63 bits per heavy atom. The van der Waals surface area contributed by atoms with Gasteiger partial charge >= 0.3 is 11.9 Å². The molecule has 1 atom stereocenters. The number of amides is 2. The number of piperidine rings is 1. The summed E-state index contributed by atoms with van der Waals surface area (Å²) in [5, 5.41) is 4.23. The first-order valence-corrected chi connectivity index (χ1v) is 16.5. The van der Waals surface area contributed by atoms with E-state index in [-0.39, 0.29) is 47.0 Å². The van der Waals surface area contributed by atoms with Crippen LogP contribution in [0.2, 0.25) is 5.02 Å². The smallest absolute Gasteiger partial charge is 0.397 e. The number of nitrogens with zero attached hydrogens (tertiary/aromatic N) is 6. The number of carbonyl (C=O) groups is 2. The lowest BCUT2D eigenvalue weighted by Gasteiger charge is -2.38. The Hall–Kier alpha value is -4.85. The van der Waals surface area contributed by atoms with E-state index in [1.807, 2.05) is 42.5 Å². The first-order chi connectivity index (χ1) is 23.5. The minimum atomic E-state index is -4.75. The number of piperazine rings is 1. The summed E-state index contributed by atoms with van der Waals surface area (Å²) >= 11 is 6.11. The van der Waals surface area contributed by atoms with Crippen LogP contribution in [0.15, 0.2) is 71.8 Å². The molecule has 2 aromatic carbocycles. The van der Waals surface area contributed by atoms with Gasteiger partial charge in [0.2, 0.25) is 11.8 Å². The highest BCUT2D eigenvalue weighted by Gasteiger charge is 2.36. The van der Waals surface area contributed by atoms with Crippen molar-refractivity contribution in [1.82, 2.24) is 29.5 Å². The standard InChI is InChI=1S/C34H36ClF3N8O3/c35-28-20-22(19-27(30(28)39)34(36,37)38)18-24(32(48)45-16-14-43(15-17-45)25-6-10-40-11-7-25)21-29(47)44-12-8-26(9-13-44)46-33(49)41-31(42-46)23-4-2-1-3-5-23/h1-7,10-11,19-20,24,26H,8-9,12-18,21,39H2,(H,41,42,49)/t24-/m0/s1. The predicted molar refractivity (Wildman–Crippen MR) is 179 cm³/mol. The predicted octanol–water partition coefficient (Wildman–Crippen LogP) is 4.65. The molecule has 49 heavy (non-hydrogen) atoms. The number of aromatic amines is 1. The molecule has 4 aromatic rings. The van der Waals surface area contributed by atoms with Crippen molar-refractivity contribution in [3.05, 3.63) is 93.6 Å². The topological polar surface area (TPSA) is 133 Å². The second-order valence-corrected chi connectivity index (χ2v) is 12.8. The molecular weight excluding hydrogens is 661 g/mol. The molecule has 2 saturated heterocycles. The largest absolute Gasteiger partial charge is 0.418 e. The molecule has 0 radical (unpaired) electrons. The summed E-state index contributed by atoms with van der Waals surface area (Å²) < 4.78 is 42.8. The van der Waals surface area contributed by atoms with Crippen LogP contribution in [0.1, 0.15) is 36.4 Å². The third-order valence-corrected chi connectivity index (χ3v) is 9.53. The van der Waals surface area contributed by atoms with E-state index in [9.17, 15) is 27.6 Å². The van der Waals surface area contributed by atoms with Gasteiger partial charge in [-0.3, -0.25) is 19.6 Å². The Labute approximate surface area is 285 Å². The number of hydrogen-bond donors (Lipinski definition) is 2. The Bertz CT molecular complexity index is 1830. The molecule has 15 heteroatoms. The van der Waals surface area contributed by atoms with Crippen LogP contribution >= 0.6 is 11.6 Å². The van der Waals surface area contributed by atoms with E-state index in [1.54, 1.807) is 22.2 Å². The molecule has 11 nitrogen and oxygen atoms in total. The van der Waals surface area contributed by atoms with Gasteiger partial charge in [-0.25, -0.2) is 9.48 Å². The zero-order valence-electron chi connectivity index (χ0n) is 26.6. The van der Waals surface area contributed by atoms with Gasteiger partial charge in [0.15, 0.2) is 5.82 Å². The first-order valence-electron chi connectivity index (χ1n) is 16.1. The van der Waals surface area contributed by atoms with Gasteiger partial charge in [-0.15, -0.1) is 5.10 Å². The Morgan fingerprint density at radius 1 is 0.959 bits per heavy atom. The van der Waals surface area contributed by atoms with E-state index in [4.69, 9.17) is 17.3 Å². The molecule has 2 aromatic heterocycles. The summed E-state index contributed by atoms with van der Waals surface area (Å²) in [6.45, 7) is 2.54. The summed E-state index contributed by atoms with van der Waals surface area (Å²) in [5.41, 5.74) is 5.58. The van der Waals surface area contributed by atoms with Crippen molar-refractivity contribution < 1.29 is 22.8 Å². The average Bonchev–Trinajstić information content (AvgIpc) is 3.51. The lowest BCUT2D eigenvalue weighted by atomic mass is 9.92. The van der Waals surface area contributed by atoms with Crippen LogP contribution in [-0.4, -0.2) is 80.6 Å². The van der Waals surface area contributed by atoms with Gasteiger partial charge in [0.1, 0.15) is 0 Å². The summed E-state index contributed by atoms with van der Waals surface area (Å²) in [6, 6.07) is 15.1. The van der Waals surface area contributed by atoms with E-state index in [0.717, 1.165) is 17.3 Å². The summed E-state index contributed by atoms with van der Waals surface area (Å²) in [7, 11) is 0. The second-order valence-electron chi connectivity index (χ2n) is 12.4. The number of nitrogen functional groups attached to an aromatic ring is 1.